The molecular weight excluding hydrogens is 355 g/mol. The van der Waals surface area contributed by atoms with Gasteiger partial charge in [0.2, 0.25) is 5.91 Å². The molecule has 0 aromatic heterocycles. The fraction of sp³-hybridized carbons (Fsp3) is 0.588. The number of benzene rings is 1. The highest BCUT2D eigenvalue weighted by Crippen LogP contribution is 2.63. The summed E-state index contributed by atoms with van der Waals surface area (Å²) in [6.45, 7) is 8.21. The maximum absolute atomic E-state index is 12.4. The second kappa shape index (κ2) is 7.18. The molecule has 0 spiro atoms. The SMILES string of the molecule is CCN(CC)C(CNC(=O)C1(C)CC1(Cl)Cl)c1ccccc1Cl. The largest absolute Gasteiger partial charge is 0.354 e. The first kappa shape index (κ1) is 18.9. The van der Waals surface area contributed by atoms with Gasteiger partial charge in [-0.25, -0.2) is 0 Å². The molecule has 1 aliphatic carbocycles. The summed E-state index contributed by atoms with van der Waals surface area (Å²) in [5, 5.41) is 3.72. The Morgan fingerprint density at radius 3 is 2.35 bits per heavy atom. The van der Waals surface area contributed by atoms with Crippen molar-refractivity contribution >= 4 is 40.7 Å². The van der Waals surface area contributed by atoms with Crippen LogP contribution in [0.4, 0.5) is 0 Å². The van der Waals surface area contributed by atoms with Gasteiger partial charge in [0.25, 0.3) is 0 Å². The van der Waals surface area contributed by atoms with Crippen LogP contribution in [-0.4, -0.2) is 34.8 Å². The molecule has 2 unspecified atom stereocenters. The molecule has 0 aliphatic heterocycles. The Kier molecular flexibility index (Phi) is 5.89. The predicted octanol–water partition coefficient (Wildman–Crippen LogP) is 4.42. The number of halogens is 3. The van der Waals surface area contributed by atoms with E-state index in [0.717, 1.165) is 18.7 Å². The lowest BCUT2D eigenvalue weighted by Crippen LogP contribution is -2.41. The highest BCUT2D eigenvalue weighted by molar-refractivity contribution is 6.53. The van der Waals surface area contributed by atoms with Gasteiger partial charge in [0.15, 0.2) is 0 Å². The maximum atomic E-state index is 12.4. The van der Waals surface area contributed by atoms with E-state index in [0.29, 0.717) is 18.0 Å². The number of carbonyl (C=O) groups is 1. The highest BCUT2D eigenvalue weighted by Gasteiger charge is 2.67. The zero-order chi connectivity index (χ0) is 17.3. The molecule has 1 aliphatic rings. The maximum Gasteiger partial charge on any atom is 0.229 e. The zero-order valence-corrected chi connectivity index (χ0v) is 16.0. The van der Waals surface area contributed by atoms with Gasteiger partial charge in [0.05, 0.1) is 11.5 Å². The number of nitrogens with zero attached hydrogens (tertiary/aromatic N) is 1. The van der Waals surface area contributed by atoms with E-state index in [9.17, 15) is 4.79 Å². The Morgan fingerprint density at radius 1 is 1.30 bits per heavy atom. The molecule has 1 aromatic rings. The lowest BCUT2D eigenvalue weighted by molar-refractivity contribution is -0.126. The van der Waals surface area contributed by atoms with Crippen molar-refractivity contribution in [3.05, 3.63) is 34.9 Å². The molecule has 3 nitrogen and oxygen atoms in total. The van der Waals surface area contributed by atoms with Crippen LogP contribution < -0.4 is 5.32 Å². The fourth-order valence-corrected chi connectivity index (χ4v) is 3.84. The van der Waals surface area contributed by atoms with E-state index in [1.807, 2.05) is 24.3 Å². The normalized spacial score (nSPS) is 23.6. The third kappa shape index (κ3) is 3.79. The fourth-order valence-electron chi connectivity index (χ4n) is 2.88. The standard InChI is InChI=1S/C17H23Cl3N2O/c1-4-22(5-2)14(12-8-6-7-9-13(12)18)10-21-15(23)16(3)11-17(16,19)20/h6-9,14H,4-5,10-11H2,1-3H3,(H,21,23). The predicted molar refractivity (Wildman–Crippen MR) is 97.3 cm³/mol. The summed E-state index contributed by atoms with van der Waals surface area (Å²) < 4.78 is -0.952. The average Bonchev–Trinajstić information content (AvgIpc) is 3.04. The lowest BCUT2D eigenvalue weighted by atomic mass is 10.0. The van der Waals surface area contributed by atoms with E-state index in [1.54, 1.807) is 6.92 Å². The van der Waals surface area contributed by atoms with Crippen LogP contribution in [0.2, 0.25) is 5.02 Å². The molecule has 0 bridgehead atoms. The van der Waals surface area contributed by atoms with Gasteiger partial charge in [0, 0.05) is 11.6 Å². The summed E-state index contributed by atoms with van der Waals surface area (Å²) in [5.74, 6) is -0.105. The van der Waals surface area contributed by atoms with Crippen LogP contribution in [0.1, 0.15) is 38.8 Å². The van der Waals surface area contributed by atoms with Crippen LogP contribution >= 0.6 is 34.8 Å². The van der Waals surface area contributed by atoms with Crippen LogP contribution in [0.15, 0.2) is 24.3 Å². The Morgan fingerprint density at radius 2 is 1.87 bits per heavy atom. The van der Waals surface area contributed by atoms with E-state index < -0.39 is 9.75 Å². The molecule has 6 heteroatoms. The average molecular weight is 378 g/mol. The van der Waals surface area contributed by atoms with Gasteiger partial charge >= 0.3 is 0 Å². The van der Waals surface area contributed by atoms with E-state index in [2.05, 4.69) is 24.1 Å². The molecule has 0 radical (unpaired) electrons. The Balaban J connectivity index is 2.13. The Labute approximate surface area is 153 Å². The van der Waals surface area contributed by atoms with E-state index in [1.165, 1.54) is 0 Å². The third-order valence-corrected chi connectivity index (χ3v) is 6.18. The van der Waals surface area contributed by atoms with Crippen molar-refractivity contribution in [3.8, 4) is 0 Å². The van der Waals surface area contributed by atoms with Crippen molar-refractivity contribution in [1.82, 2.24) is 10.2 Å². The van der Waals surface area contributed by atoms with Gasteiger partial charge in [-0.3, -0.25) is 9.69 Å². The van der Waals surface area contributed by atoms with Crippen molar-refractivity contribution < 1.29 is 4.79 Å². The number of hydrogen-bond acceptors (Lipinski definition) is 2. The molecule has 2 rings (SSSR count). The number of nitrogens with one attached hydrogen (secondary N) is 1. The Bertz CT molecular complexity index is 575. The lowest BCUT2D eigenvalue weighted by Gasteiger charge is -2.31. The van der Waals surface area contributed by atoms with Crippen LogP contribution in [0.3, 0.4) is 0 Å². The summed E-state index contributed by atoms with van der Waals surface area (Å²) in [6, 6.07) is 7.77. The first-order valence-corrected chi connectivity index (χ1v) is 9.04. The van der Waals surface area contributed by atoms with E-state index >= 15 is 0 Å². The summed E-state index contributed by atoms with van der Waals surface area (Å²) in [5.41, 5.74) is 0.312. The van der Waals surface area contributed by atoms with E-state index in [-0.39, 0.29) is 11.9 Å². The van der Waals surface area contributed by atoms with Crippen molar-refractivity contribution in [2.45, 2.75) is 37.6 Å². The van der Waals surface area contributed by atoms with Crippen molar-refractivity contribution in [1.29, 1.82) is 0 Å². The first-order chi connectivity index (χ1) is 10.8. The monoisotopic (exact) mass is 376 g/mol. The second-order valence-corrected chi connectivity index (χ2v) is 8.07. The molecular formula is C17H23Cl3N2O. The topological polar surface area (TPSA) is 32.3 Å². The second-order valence-electron chi connectivity index (χ2n) is 6.18. The molecule has 1 amide bonds. The summed E-state index contributed by atoms with van der Waals surface area (Å²) >= 11 is 18.5. The summed E-state index contributed by atoms with van der Waals surface area (Å²) in [7, 11) is 0. The van der Waals surface area contributed by atoms with Gasteiger partial charge in [-0.2, -0.15) is 0 Å². The molecule has 2 atom stereocenters. The molecule has 0 saturated heterocycles. The third-order valence-electron chi connectivity index (χ3n) is 4.73. The Hall–Kier alpha value is -0.480. The van der Waals surface area contributed by atoms with E-state index in [4.69, 9.17) is 34.8 Å². The number of carbonyl (C=O) groups excluding carboxylic acids is 1. The zero-order valence-electron chi connectivity index (χ0n) is 13.7. The van der Waals surface area contributed by atoms with Crippen molar-refractivity contribution in [2.24, 2.45) is 5.41 Å². The quantitative estimate of drug-likeness (QED) is 0.713. The van der Waals surface area contributed by atoms with Gasteiger partial charge in [0.1, 0.15) is 4.33 Å². The van der Waals surface area contributed by atoms with Gasteiger partial charge in [-0.1, -0.05) is 43.6 Å². The van der Waals surface area contributed by atoms with Crippen LogP contribution in [0.25, 0.3) is 0 Å². The summed E-state index contributed by atoms with van der Waals surface area (Å²) in [4.78, 5) is 14.7. The van der Waals surface area contributed by atoms with Crippen molar-refractivity contribution in [2.75, 3.05) is 19.6 Å². The smallest absolute Gasteiger partial charge is 0.229 e. The van der Waals surface area contributed by atoms with Gasteiger partial charge < -0.3 is 5.32 Å². The van der Waals surface area contributed by atoms with Crippen LogP contribution in [-0.2, 0) is 4.79 Å². The number of likely N-dealkylation sites (N-methyl/N-ethyl adjacent to an activating group) is 1. The molecule has 1 N–H and O–H groups in total. The van der Waals surface area contributed by atoms with Crippen LogP contribution in [0.5, 0.6) is 0 Å². The minimum Gasteiger partial charge on any atom is -0.354 e. The molecule has 128 valence electrons. The van der Waals surface area contributed by atoms with Crippen molar-refractivity contribution in [3.63, 3.8) is 0 Å². The highest BCUT2D eigenvalue weighted by atomic mass is 35.5. The number of alkyl halides is 2. The molecule has 23 heavy (non-hydrogen) atoms. The van der Waals surface area contributed by atoms with Gasteiger partial charge in [-0.05, 0) is 38.1 Å². The number of hydrogen-bond donors (Lipinski definition) is 1. The molecule has 1 aromatic carbocycles. The molecule has 1 saturated carbocycles. The minimum absolute atomic E-state index is 0.0186. The number of rotatable bonds is 7. The molecule has 1 fully saturated rings. The molecule has 0 heterocycles. The summed E-state index contributed by atoms with van der Waals surface area (Å²) in [6.07, 6.45) is 0.483. The van der Waals surface area contributed by atoms with Crippen LogP contribution in [0, 0.1) is 5.41 Å². The first-order valence-electron chi connectivity index (χ1n) is 7.91. The minimum atomic E-state index is -0.952. The van der Waals surface area contributed by atoms with Gasteiger partial charge in [-0.15, -0.1) is 23.2 Å². The number of amides is 1.